The number of imide groups is 1. The van der Waals surface area contributed by atoms with Crippen molar-refractivity contribution in [2.45, 2.75) is 32.7 Å². The minimum atomic E-state index is -0.612. The highest BCUT2D eigenvalue weighted by atomic mass is 32.1. The van der Waals surface area contributed by atoms with Gasteiger partial charge in [0.1, 0.15) is 13.1 Å². The Morgan fingerprint density at radius 2 is 1.89 bits per heavy atom. The first-order valence-corrected chi connectivity index (χ1v) is 9.34. The predicted molar refractivity (Wildman–Crippen MR) is 97.7 cm³/mol. The Hall–Kier alpha value is -2.81. The number of ether oxygens (including phenoxy) is 1. The Morgan fingerprint density at radius 1 is 1.19 bits per heavy atom. The van der Waals surface area contributed by atoms with Gasteiger partial charge in [0.15, 0.2) is 4.80 Å². The van der Waals surface area contributed by atoms with Gasteiger partial charge in [-0.2, -0.15) is 4.99 Å². The molecule has 3 amide bonds. The van der Waals surface area contributed by atoms with Crippen molar-refractivity contribution in [3.05, 3.63) is 28.6 Å². The molecule has 0 unspecified atom stereocenters. The fourth-order valence-corrected chi connectivity index (χ4v) is 3.96. The van der Waals surface area contributed by atoms with Crippen LogP contribution in [0.15, 0.2) is 23.2 Å². The van der Waals surface area contributed by atoms with E-state index in [0.29, 0.717) is 4.80 Å². The standard InChI is InChI=1S/C18H19N3O5S/c1-3-11-4-5-12-13(8-11)27-18(20(12)10-17(25)26-2)19-14(22)9-21-15(23)6-7-16(21)24/h4-5,8H,3,6-7,9-10H2,1-2H3. The van der Waals surface area contributed by atoms with Gasteiger partial charge in [-0.05, 0) is 24.1 Å². The number of aryl methyl sites for hydroxylation is 1. The van der Waals surface area contributed by atoms with Gasteiger partial charge in [0.05, 0.1) is 17.3 Å². The van der Waals surface area contributed by atoms with Crippen LogP contribution in [0.1, 0.15) is 25.3 Å². The summed E-state index contributed by atoms with van der Waals surface area (Å²) in [7, 11) is 1.29. The molecule has 1 aliphatic rings. The maximum absolute atomic E-state index is 12.3. The quantitative estimate of drug-likeness (QED) is 0.562. The molecular formula is C18H19N3O5S. The van der Waals surface area contributed by atoms with Gasteiger partial charge in [0, 0.05) is 12.8 Å². The number of benzene rings is 1. The van der Waals surface area contributed by atoms with Crippen LogP contribution in [0.2, 0.25) is 0 Å². The minimum Gasteiger partial charge on any atom is -0.468 e. The number of carbonyl (C=O) groups excluding carboxylic acids is 4. The maximum Gasteiger partial charge on any atom is 0.325 e. The monoisotopic (exact) mass is 389 g/mol. The lowest BCUT2D eigenvalue weighted by molar-refractivity contribution is -0.142. The van der Waals surface area contributed by atoms with E-state index in [1.54, 1.807) is 4.57 Å². The molecule has 2 heterocycles. The fraction of sp³-hybridized carbons (Fsp3) is 0.389. The average molecular weight is 389 g/mol. The van der Waals surface area contributed by atoms with Gasteiger partial charge in [-0.3, -0.25) is 24.1 Å². The van der Waals surface area contributed by atoms with Crippen LogP contribution >= 0.6 is 11.3 Å². The molecule has 3 rings (SSSR count). The Labute approximate surface area is 159 Å². The van der Waals surface area contributed by atoms with E-state index in [0.717, 1.165) is 27.1 Å². The van der Waals surface area contributed by atoms with Crippen molar-refractivity contribution in [3.8, 4) is 0 Å². The van der Waals surface area contributed by atoms with Crippen molar-refractivity contribution in [2.75, 3.05) is 13.7 Å². The van der Waals surface area contributed by atoms with Crippen LogP contribution < -0.4 is 4.80 Å². The molecule has 0 radical (unpaired) electrons. The summed E-state index contributed by atoms with van der Waals surface area (Å²) in [5.74, 6) is -1.81. The van der Waals surface area contributed by atoms with E-state index in [1.807, 2.05) is 25.1 Å². The normalized spacial score (nSPS) is 15.0. The molecule has 1 aromatic heterocycles. The number of thiazole rings is 1. The molecule has 0 spiro atoms. The third-order valence-corrected chi connectivity index (χ3v) is 5.38. The summed E-state index contributed by atoms with van der Waals surface area (Å²) in [6.45, 7) is 1.57. The largest absolute Gasteiger partial charge is 0.468 e. The summed E-state index contributed by atoms with van der Waals surface area (Å²) in [5.41, 5.74) is 1.89. The van der Waals surface area contributed by atoms with Crippen molar-refractivity contribution >= 4 is 45.2 Å². The molecule has 8 nitrogen and oxygen atoms in total. The summed E-state index contributed by atoms with van der Waals surface area (Å²) < 4.78 is 7.23. The summed E-state index contributed by atoms with van der Waals surface area (Å²) in [5, 5.41) is 0. The molecule has 0 aliphatic carbocycles. The first kappa shape index (κ1) is 19.0. The first-order valence-electron chi connectivity index (χ1n) is 8.52. The predicted octanol–water partition coefficient (Wildman–Crippen LogP) is 1.01. The molecule has 0 N–H and O–H groups in total. The topological polar surface area (TPSA) is 98.0 Å². The van der Waals surface area contributed by atoms with Gasteiger partial charge in [-0.25, -0.2) is 0 Å². The highest BCUT2D eigenvalue weighted by molar-refractivity contribution is 7.16. The second kappa shape index (κ2) is 7.83. The Balaban J connectivity index is 2.00. The van der Waals surface area contributed by atoms with Gasteiger partial charge in [-0.1, -0.05) is 24.3 Å². The van der Waals surface area contributed by atoms with Crippen LogP contribution in [0.4, 0.5) is 0 Å². The van der Waals surface area contributed by atoms with Crippen molar-refractivity contribution in [3.63, 3.8) is 0 Å². The lowest BCUT2D eigenvalue weighted by atomic mass is 10.2. The van der Waals surface area contributed by atoms with E-state index < -0.39 is 11.9 Å². The van der Waals surface area contributed by atoms with Crippen LogP contribution in [-0.2, 0) is 36.9 Å². The molecule has 142 valence electrons. The average Bonchev–Trinajstić information content (AvgIpc) is 3.15. The number of nitrogens with zero attached hydrogens (tertiary/aromatic N) is 3. The first-order chi connectivity index (χ1) is 12.9. The summed E-state index contributed by atoms with van der Waals surface area (Å²) in [6, 6.07) is 5.82. The third-order valence-electron chi connectivity index (χ3n) is 4.34. The number of aromatic nitrogens is 1. The van der Waals surface area contributed by atoms with Gasteiger partial charge in [0.2, 0.25) is 11.8 Å². The summed E-state index contributed by atoms with van der Waals surface area (Å²) >= 11 is 1.27. The lowest BCUT2D eigenvalue weighted by Gasteiger charge is -2.10. The second-order valence-corrected chi connectivity index (χ2v) is 7.09. The van der Waals surface area contributed by atoms with Crippen LogP contribution in [0, 0.1) is 0 Å². The number of hydrogen-bond acceptors (Lipinski definition) is 6. The molecule has 2 aromatic rings. The Kier molecular flexibility index (Phi) is 5.50. The molecule has 1 aliphatic heterocycles. The number of amides is 3. The van der Waals surface area contributed by atoms with Gasteiger partial charge in [-0.15, -0.1) is 0 Å². The molecule has 27 heavy (non-hydrogen) atoms. The van der Waals surface area contributed by atoms with Crippen molar-refractivity contribution in [1.29, 1.82) is 0 Å². The molecule has 9 heteroatoms. The van der Waals surface area contributed by atoms with Gasteiger partial charge in [0.25, 0.3) is 5.91 Å². The zero-order chi connectivity index (χ0) is 19.6. The van der Waals surface area contributed by atoms with E-state index in [1.165, 1.54) is 18.4 Å². The van der Waals surface area contributed by atoms with Gasteiger partial charge < -0.3 is 9.30 Å². The lowest BCUT2D eigenvalue weighted by Crippen LogP contribution is -2.34. The summed E-state index contributed by atoms with van der Waals surface area (Å²) in [6.07, 6.45) is 1.10. The zero-order valence-electron chi connectivity index (χ0n) is 15.1. The third kappa shape index (κ3) is 3.97. The van der Waals surface area contributed by atoms with E-state index in [-0.39, 0.29) is 37.7 Å². The molecule has 0 saturated carbocycles. The number of hydrogen-bond donors (Lipinski definition) is 0. The number of methoxy groups -OCH3 is 1. The molecule has 0 bridgehead atoms. The minimum absolute atomic E-state index is 0.0876. The SMILES string of the molecule is CCc1ccc2c(c1)sc(=NC(=O)CN1C(=O)CCC1=O)n2CC(=O)OC. The number of carbonyl (C=O) groups is 4. The van der Waals surface area contributed by atoms with Crippen molar-refractivity contribution < 1.29 is 23.9 Å². The second-order valence-electron chi connectivity index (χ2n) is 6.08. The van der Waals surface area contributed by atoms with Crippen LogP contribution in [0.5, 0.6) is 0 Å². The van der Waals surface area contributed by atoms with Crippen LogP contribution in [0.25, 0.3) is 10.2 Å². The zero-order valence-corrected chi connectivity index (χ0v) is 15.9. The van der Waals surface area contributed by atoms with Crippen LogP contribution in [0.3, 0.4) is 0 Å². The van der Waals surface area contributed by atoms with E-state index in [9.17, 15) is 19.2 Å². The summed E-state index contributed by atoms with van der Waals surface area (Å²) in [4.78, 5) is 52.8. The Bertz CT molecular complexity index is 988. The van der Waals surface area contributed by atoms with Gasteiger partial charge >= 0.3 is 5.97 Å². The number of rotatable bonds is 5. The van der Waals surface area contributed by atoms with E-state index in [4.69, 9.17) is 4.74 Å². The van der Waals surface area contributed by atoms with E-state index in [2.05, 4.69) is 4.99 Å². The number of likely N-dealkylation sites (tertiary alicyclic amines) is 1. The van der Waals surface area contributed by atoms with Crippen LogP contribution in [-0.4, -0.2) is 46.8 Å². The van der Waals surface area contributed by atoms with Crippen molar-refractivity contribution in [2.24, 2.45) is 4.99 Å². The smallest absolute Gasteiger partial charge is 0.325 e. The highest BCUT2D eigenvalue weighted by Crippen LogP contribution is 2.20. The maximum atomic E-state index is 12.3. The Morgan fingerprint density at radius 3 is 2.52 bits per heavy atom. The fourth-order valence-electron chi connectivity index (χ4n) is 2.85. The number of esters is 1. The molecular weight excluding hydrogens is 370 g/mol. The van der Waals surface area contributed by atoms with E-state index >= 15 is 0 Å². The van der Waals surface area contributed by atoms with Crippen molar-refractivity contribution in [1.82, 2.24) is 9.47 Å². The molecule has 1 fully saturated rings. The number of fused-ring (bicyclic) bond motifs is 1. The molecule has 1 aromatic carbocycles. The molecule has 0 atom stereocenters. The molecule has 1 saturated heterocycles. The highest BCUT2D eigenvalue weighted by Gasteiger charge is 2.30.